The lowest BCUT2D eigenvalue weighted by atomic mass is 9.83. The predicted octanol–water partition coefficient (Wildman–Crippen LogP) is 2.41. The number of nitrogens with two attached hydrogens (primary N) is 1. The maximum absolute atomic E-state index is 12.5. The standard InChI is InChI=1S/C21H29N5O/c22-19-12-24-25-21(19)17-8-4-10-26(13-17)14-20(27)23-11-16-7-3-6-15-5-1-2-9-18(15)16/h1-2,5,9,12,16-17H,3-4,6-8,10-11,13-14,22H2,(H,23,27)(H,24,25). The Kier molecular flexibility index (Phi) is 5.43. The quantitative estimate of drug-likeness (QED) is 0.757. The molecule has 1 aromatic heterocycles. The molecule has 0 spiro atoms. The van der Waals surface area contributed by atoms with Crippen LogP contribution >= 0.6 is 0 Å². The topological polar surface area (TPSA) is 87.0 Å². The summed E-state index contributed by atoms with van der Waals surface area (Å²) in [7, 11) is 0. The van der Waals surface area contributed by atoms with Gasteiger partial charge in [-0.15, -0.1) is 0 Å². The number of aromatic nitrogens is 2. The number of aromatic amines is 1. The summed E-state index contributed by atoms with van der Waals surface area (Å²) in [6.45, 7) is 3.01. The van der Waals surface area contributed by atoms with Crippen molar-refractivity contribution in [2.45, 2.75) is 43.9 Å². The number of nitrogens with one attached hydrogen (secondary N) is 2. The zero-order chi connectivity index (χ0) is 18.6. The molecule has 144 valence electrons. The molecule has 1 aliphatic carbocycles. The first kappa shape index (κ1) is 18.0. The van der Waals surface area contributed by atoms with Crippen LogP contribution in [0.5, 0.6) is 0 Å². The van der Waals surface area contributed by atoms with Crippen LogP contribution in [0.25, 0.3) is 0 Å². The second kappa shape index (κ2) is 8.13. The Labute approximate surface area is 160 Å². The summed E-state index contributed by atoms with van der Waals surface area (Å²) in [5.41, 5.74) is 10.6. The smallest absolute Gasteiger partial charge is 0.234 e. The molecular formula is C21H29N5O. The van der Waals surface area contributed by atoms with Gasteiger partial charge in [0.2, 0.25) is 5.91 Å². The van der Waals surface area contributed by atoms with Gasteiger partial charge in [0.1, 0.15) is 0 Å². The fraction of sp³-hybridized carbons (Fsp3) is 0.524. The van der Waals surface area contributed by atoms with E-state index in [1.807, 2.05) is 0 Å². The molecule has 1 amide bonds. The van der Waals surface area contributed by atoms with Crippen LogP contribution in [0.15, 0.2) is 30.5 Å². The molecule has 0 bridgehead atoms. The monoisotopic (exact) mass is 367 g/mol. The number of fused-ring (bicyclic) bond motifs is 1. The molecule has 4 rings (SSSR count). The van der Waals surface area contributed by atoms with Crippen molar-refractivity contribution in [1.29, 1.82) is 0 Å². The highest BCUT2D eigenvalue weighted by molar-refractivity contribution is 5.78. The molecule has 0 saturated carbocycles. The Hall–Kier alpha value is -2.34. The number of H-pyrrole nitrogens is 1. The summed E-state index contributed by atoms with van der Waals surface area (Å²) in [6.07, 6.45) is 7.35. The van der Waals surface area contributed by atoms with Gasteiger partial charge in [-0.2, -0.15) is 5.10 Å². The van der Waals surface area contributed by atoms with E-state index in [-0.39, 0.29) is 5.91 Å². The number of amides is 1. The van der Waals surface area contributed by atoms with Crippen LogP contribution in [-0.4, -0.2) is 47.2 Å². The lowest BCUT2D eigenvalue weighted by Crippen LogP contribution is -2.43. The van der Waals surface area contributed by atoms with E-state index in [9.17, 15) is 4.79 Å². The van der Waals surface area contributed by atoms with E-state index >= 15 is 0 Å². The molecule has 2 aromatic rings. The van der Waals surface area contributed by atoms with Gasteiger partial charge in [-0.05, 0) is 49.8 Å². The van der Waals surface area contributed by atoms with Crippen LogP contribution in [-0.2, 0) is 11.2 Å². The molecule has 2 heterocycles. The van der Waals surface area contributed by atoms with Crippen molar-refractivity contribution in [2.24, 2.45) is 0 Å². The third-order valence-corrected chi connectivity index (χ3v) is 6.02. The van der Waals surface area contributed by atoms with Crippen LogP contribution in [0.2, 0.25) is 0 Å². The van der Waals surface area contributed by atoms with Crippen LogP contribution < -0.4 is 11.1 Å². The first-order chi connectivity index (χ1) is 13.2. The van der Waals surface area contributed by atoms with Gasteiger partial charge in [-0.3, -0.25) is 14.8 Å². The third-order valence-electron chi connectivity index (χ3n) is 6.02. The highest BCUT2D eigenvalue weighted by Gasteiger charge is 2.26. The minimum absolute atomic E-state index is 0.122. The first-order valence-corrected chi connectivity index (χ1v) is 10.1. The SMILES string of the molecule is Nc1cn[nH]c1C1CCCN(CC(=O)NCC2CCCc3ccccc32)C1. The van der Waals surface area contributed by atoms with Crippen molar-refractivity contribution in [1.82, 2.24) is 20.4 Å². The Morgan fingerprint density at radius 2 is 2.19 bits per heavy atom. The Morgan fingerprint density at radius 1 is 1.30 bits per heavy atom. The van der Waals surface area contributed by atoms with Gasteiger partial charge >= 0.3 is 0 Å². The molecule has 27 heavy (non-hydrogen) atoms. The zero-order valence-corrected chi connectivity index (χ0v) is 15.8. The zero-order valence-electron chi connectivity index (χ0n) is 15.8. The number of piperidine rings is 1. The fourth-order valence-corrected chi connectivity index (χ4v) is 4.63. The van der Waals surface area contributed by atoms with Crippen LogP contribution in [0, 0.1) is 0 Å². The molecule has 2 aliphatic rings. The van der Waals surface area contributed by atoms with Crippen molar-refractivity contribution in [3.63, 3.8) is 0 Å². The van der Waals surface area contributed by atoms with Crippen molar-refractivity contribution < 1.29 is 4.79 Å². The number of aryl methyl sites for hydroxylation is 1. The summed E-state index contributed by atoms with van der Waals surface area (Å²) in [5.74, 6) is 0.897. The molecule has 6 heteroatoms. The molecule has 2 unspecified atom stereocenters. The largest absolute Gasteiger partial charge is 0.396 e. The maximum Gasteiger partial charge on any atom is 0.234 e. The molecule has 6 nitrogen and oxygen atoms in total. The number of likely N-dealkylation sites (tertiary alicyclic amines) is 1. The average Bonchev–Trinajstić information content (AvgIpc) is 3.12. The van der Waals surface area contributed by atoms with Gasteiger partial charge in [-0.1, -0.05) is 24.3 Å². The number of hydrogen-bond donors (Lipinski definition) is 3. The number of rotatable bonds is 5. The van der Waals surface area contributed by atoms with Gasteiger partial charge < -0.3 is 11.1 Å². The summed E-state index contributed by atoms with van der Waals surface area (Å²) in [4.78, 5) is 14.8. The van der Waals surface area contributed by atoms with Crippen molar-refractivity contribution in [3.05, 3.63) is 47.3 Å². The van der Waals surface area contributed by atoms with E-state index in [1.165, 1.54) is 17.5 Å². The van der Waals surface area contributed by atoms with E-state index in [1.54, 1.807) is 6.20 Å². The number of carbonyl (C=O) groups is 1. The van der Waals surface area contributed by atoms with Crippen molar-refractivity contribution >= 4 is 11.6 Å². The highest BCUT2D eigenvalue weighted by atomic mass is 16.2. The lowest BCUT2D eigenvalue weighted by molar-refractivity contribution is -0.122. The Balaban J connectivity index is 1.29. The molecule has 1 saturated heterocycles. The van der Waals surface area contributed by atoms with Gasteiger partial charge in [-0.25, -0.2) is 0 Å². The fourth-order valence-electron chi connectivity index (χ4n) is 4.63. The number of nitrogens with zero attached hydrogens (tertiary/aromatic N) is 2. The third kappa shape index (κ3) is 4.16. The van der Waals surface area contributed by atoms with E-state index in [2.05, 4.69) is 44.7 Å². The van der Waals surface area contributed by atoms with Gasteiger partial charge in [0.15, 0.2) is 0 Å². The van der Waals surface area contributed by atoms with Gasteiger partial charge in [0.05, 0.1) is 24.1 Å². The number of carbonyl (C=O) groups excluding carboxylic acids is 1. The molecule has 1 aromatic carbocycles. The van der Waals surface area contributed by atoms with Gasteiger partial charge in [0.25, 0.3) is 0 Å². The van der Waals surface area contributed by atoms with E-state index < -0.39 is 0 Å². The number of benzene rings is 1. The lowest BCUT2D eigenvalue weighted by Gasteiger charge is -2.32. The Morgan fingerprint density at radius 3 is 3.04 bits per heavy atom. The van der Waals surface area contributed by atoms with E-state index in [0.29, 0.717) is 18.4 Å². The summed E-state index contributed by atoms with van der Waals surface area (Å²) < 4.78 is 0. The minimum atomic E-state index is 0.122. The van der Waals surface area contributed by atoms with Crippen LogP contribution in [0.1, 0.15) is 54.3 Å². The molecule has 2 atom stereocenters. The number of nitrogen functional groups attached to an aromatic ring is 1. The second-order valence-corrected chi connectivity index (χ2v) is 7.91. The average molecular weight is 367 g/mol. The van der Waals surface area contributed by atoms with E-state index in [0.717, 1.165) is 56.7 Å². The van der Waals surface area contributed by atoms with Crippen molar-refractivity contribution in [3.8, 4) is 0 Å². The maximum atomic E-state index is 12.5. The molecular weight excluding hydrogens is 338 g/mol. The summed E-state index contributed by atoms with van der Waals surface area (Å²) >= 11 is 0. The van der Waals surface area contributed by atoms with Crippen molar-refractivity contribution in [2.75, 3.05) is 31.9 Å². The number of hydrogen-bond acceptors (Lipinski definition) is 4. The summed E-state index contributed by atoms with van der Waals surface area (Å²) in [5, 5.41) is 10.2. The van der Waals surface area contributed by atoms with E-state index in [4.69, 9.17) is 5.73 Å². The van der Waals surface area contributed by atoms with Crippen LogP contribution in [0.4, 0.5) is 5.69 Å². The minimum Gasteiger partial charge on any atom is -0.396 e. The Bertz CT molecular complexity index is 786. The molecule has 4 N–H and O–H groups in total. The molecule has 0 radical (unpaired) electrons. The normalized spacial score (nSPS) is 23.0. The summed E-state index contributed by atoms with van der Waals surface area (Å²) in [6, 6.07) is 8.65. The number of anilines is 1. The first-order valence-electron chi connectivity index (χ1n) is 10.1. The van der Waals surface area contributed by atoms with Gasteiger partial charge in [0, 0.05) is 24.9 Å². The predicted molar refractivity (Wildman–Crippen MR) is 107 cm³/mol. The molecule has 1 fully saturated rings. The van der Waals surface area contributed by atoms with Crippen LogP contribution in [0.3, 0.4) is 0 Å². The second-order valence-electron chi connectivity index (χ2n) is 7.91. The molecule has 1 aliphatic heterocycles. The highest BCUT2D eigenvalue weighted by Crippen LogP contribution is 2.31.